The number of ether oxygens (including phenoxy) is 1. The number of rotatable bonds is 3. The van der Waals surface area contributed by atoms with Gasteiger partial charge in [-0.1, -0.05) is 45.0 Å². The standard InChI is InChI=1S/C18H23NO/c1-13-14(6-5-7-17(13)19)12-20-16-10-8-15(9-11-16)18(2,3)4/h5-11H,12,19H2,1-4H3. The molecule has 2 aromatic rings. The van der Waals surface area contributed by atoms with Crippen molar-refractivity contribution >= 4 is 5.69 Å². The molecule has 0 amide bonds. The van der Waals surface area contributed by atoms with E-state index in [1.165, 1.54) is 5.56 Å². The van der Waals surface area contributed by atoms with Crippen molar-refractivity contribution in [1.29, 1.82) is 0 Å². The lowest BCUT2D eigenvalue weighted by molar-refractivity contribution is 0.305. The van der Waals surface area contributed by atoms with Gasteiger partial charge in [-0.15, -0.1) is 0 Å². The van der Waals surface area contributed by atoms with Gasteiger partial charge in [0.1, 0.15) is 12.4 Å². The largest absolute Gasteiger partial charge is 0.489 e. The highest BCUT2D eigenvalue weighted by Gasteiger charge is 2.13. The van der Waals surface area contributed by atoms with Crippen LogP contribution >= 0.6 is 0 Å². The van der Waals surface area contributed by atoms with E-state index in [1.807, 2.05) is 31.2 Å². The summed E-state index contributed by atoms with van der Waals surface area (Å²) in [6.07, 6.45) is 0. The van der Waals surface area contributed by atoms with Gasteiger partial charge >= 0.3 is 0 Å². The summed E-state index contributed by atoms with van der Waals surface area (Å²) >= 11 is 0. The molecule has 0 aromatic heterocycles. The van der Waals surface area contributed by atoms with Gasteiger partial charge in [0.2, 0.25) is 0 Å². The maximum Gasteiger partial charge on any atom is 0.119 e. The minimum Gasteiger partial charge on any atom is -0.489 e. The van der Waals surface area contributed by atoms with Crippen LogP contribution in [0.25, 0.3) is 0 Å². The van der Waals surface area contributed by atoms with E-state index in [-0.39, 0.29) is 5.41 Å². The van der Waals surface area contributed by atoms with E-state index >= 15 is 0 Å². The Morgan fingerprint density at radius 2 is 1.65 bits per heavy atom. The number of hydrogen-bond acceptors (Lipinski definition) is 2. The Labute approximate surface area is 121 Å². The Hall–Kier alpha value is -1.96. The van der Waals surface area contributed by atoms with Gasteiger partial charge in [-0.25, -0.2) is 0 Å². The Kier molecular flexibility index (Phi) is 4.03. The van der Waals surface area contributed by atoms with Gasteiger partial charge in [-0.3, -0.25) is 0 Å². The van der Waals surface area contributed by atoms with Gasteiger partial charge < -0.3 is 10.5 Å². The van der Waals surface area contributed by atoms with E-state index in [0.29, 0.717) is 6.61 Å². The molecule has 106 valence electrons. The molecule has 0 atom stereocenters. The van der Waals surface area contributed by atoms with Gasteiger partial charge in [0, 0.05) is 5.69 Å². The van der Waals surface area contributed by atoms with E-state index in [4.69, 9.17) is 10.5 Å². The first-order valence-electron chi connectivity index (χ1n) is 6.95. The van der Waals surface area contributed by atoms with Crippen molar-refractivity contribution in [2.75, 3.05) is 5.73 Å². The first-order chi connectivity index (χ1) is 9.38. The Morgan fingerprint density at radius 1 is 1.00 bits per heavy atom. The third-order valence-electron chi connectivity index (χ3n) is 3.60. The Balaban J connectivity index is 2.06. The molecule has 0 aliphatic heterocycles. The van der Waals surface area contributed by atoms with Crippen molar-refractivity contribution in [1.82, 2.24) is 0 Å². The number of benzene rings is 2. The fourth-order valence-electron chi connectivity index (χ4n) is 2.07. The molecule has 0 heterocycles. The molecule has 0 saturated heterocycles. The Morgan fingerprint density at radius 3 is 2.25 bits per heavy atom. The average Bonchev–Trinajstić information content (AvgIpc) is 2.40. The third kappa shape index (κ3) is 3.32. The van der Waals surface area contributed by atoms with Crippen molar-refractivity contribution < 1.29 is 4.74 Å². The topological polar surface area (TPSA) is 35.2 Å². The molecular weight excluding hydrogens is 246 g/mol. The zero-order valence-electron chi connectivity index (χ0n) is 12.7. The zero-order chi connectivity index (χ0) is 14.8. The average molecular weight is 269 g/mol. The monoisotopic (exact) mass is 269 g/mol. The molecule has 0 radical (unpaired) electrons. The predicted octanol–water partition coefficient (Wildman–Crippen LogP) is 4.45. The second kappa shape index (κ2) is 5.58. The molecule has 2 aromatic carbocycles. The lowest BCUT2D eigenvalue weighted by Gasteiger charge is -2.19. The minimum atomic E-state index is 0.170. The van der Waals surface area contributed by atoms with Crippen molar-refractivity contribution in [3.63, 3.8) is 0 Å². The van der Waals surface area contributed by atoms with Crippen LogP contribution in [-0.2, 0) is 12.0 Å². The maximum atomic E-state index is 5.90. The van der Waals surface area contributed by atoms with E-state index in [2.05, 4.69) is 39.0 Å². The van der Waals surface area contributed by atoms with E-state index < -0.39 is 0 Å². The highest BCUT2D eigenvalue weighted by molar-refractivity contribution is 5.49. The van der Waals surface area contributed by atoms with Crippen LogP contribution in [0.3, 0.4) is 0 Å². The summed E-state index contributed by atoms with van der Waals surface area (Å²) < 4.78 is 5.84. The summed E-state index contributed by atoms with van der Waals surface area (Å²) in [4.78, 5) is 0. The normalized spacial score (nSPS) is 11.4. The van der Waals surface area contributed by atoms with Gasteiger partial charge in [-0.2, -0.15) is 0 Å². The second-order valence-corrected chi connectivity index (χ2v) is 6.19. The van der Waals surface area contributed by atoms with Gasteiger partial charge in [0.15, 0.2) is 0 Å². The molecule has 0 aliphatic carbocycles. The molecule has 0 bridgehead atoms. The highest BCUT2D eigenvalue weighted by atomic mass is 16.5. The molecule has 0 aliphatic rings. The summed E-state index contributed by atoms with van der Waals surface area (Å²) in [5, 5.41) is 0. The van der Waals surface area contributed by atoms with Crippen molar-refractivity contribution in [3.8, 4) is 5.75 Å². The van der Waals surface area contributed by atoms with E-state index in [9.17, 15) is 0 Å². The smallest absolute Gasteiger partial charge is 0.119 e. The van der Waals surface area contributed by atoms with Crippen LogP contribution in [-0.4, -0.2) is 0 Å². The number of hydrogen-bond donors (Lipinski definition) is 1. The molecule has 0 saturated carbocycles. The van der Waals surface area contributed by atoms with Crippen LogP contribution in [0.1, 0.15) is 37.5 Å². The van der Waals surface area contributed by atoms with Crippen LogP contribution in [0, 0.1) is 6.92 Å². The highest BCUT2D eigenvalue weighted by Crippen LogP contribution is 2.25. The lowest BCUT2D eigenvalue weighted by atomic mass is 9.87. The van der Waals surface area contributed by atoms with Gasteiger partial charge in [0.05, 0.1) is 0 Å². The second-order valence-electron chi connectivity index (χ2n) is 6.19. The number of nitrogens with two attached hydrogens (primary N) is 1. The first-order valence-corrected chi connectivity index (χ1v) is 6.95. The minimum absolute atomic E-state index is 0.170. The summed E-state index contributed by atoms with van der Waals surface area (Å²) in [5.41, 5.74) is 10.4. The third-order valence-corrected chi connectivity index (χ3v) is 3.60. The molecule has 2 N–H and O–H groups in total. The molecule has 2 heteroatoms. The summed E-state index contributed by atoms with van der Waals surface area (Å²) in [7, 11) is 0. The van der Waals surface area contributed by atoms with Crippen LogP contribution in [0.15, 0.2) is 42.5 Å². The molecule has 0 fully saturated rings. The summed E-state index contributed by atoms with van der Waals surface area (Å²) in [6.45, 7) is 9.19. The van der Waals surface area contributed by atoms with Crippen molar-refractivity contribution in [2.24, 2.45) is 0 Å². The van der Waals surface area contributed by atoms with Crippen molar-refractivity contribution in [3.05, 3.63) is 59.2 Å². The van der Waals surface area contributed by atoms with E-state index in [0.717, 1.165) is 22.6 Å². The molecule has 2 rings (SSSR count). The molecule has 20 heavy (non-hydrogen) atoms. The fraction of sp³-hybridized carbons (Fsp3) is 0.333. The van der Waals surface area contributed by atoms with Crippen molar-refractivity contribution in [2.45, 2.75) is 39.7 Å². The quantitative estimate of drug-likeness (QED) is 0.835. The van der Waals surface area contributed by atoms with Crippen LogP contribution in [0.4, 0.5) is 5.69 Å². The molecular formula is C18H23NO. The van der Waals surface area contributed by atoms with E-state index in [1.54, 1.807) is 0 Å². The molecule has 0 unspecified atom stereocenters. The maximum absolute atomic E-state index is 5.90. The molecule has 2 nitrogen and oxygen atoms in total. The summed E-state index contributed by atoms with van der Waals surface area (Å²) in [6, 6.07) is 14.2. The van der Waals surface area contributed by atoms with Crippen LogP contribution < -0.4 is 10.5 Å². The summed E-state index contributed by atoms with van der Waals surface area (Å²) in [5.74, 6) is 0.889. The van der Waals surface area contributed by atoms with Crippen LogP contribution in [0.5, 0.6) is 5.75 Å². The number of anilines is 1. The predicted molar refractivity (Wildman–Crippen MR) is 85.1 cm³/mol. The first kappa shape index (κ1) is 14.4. The lowest BCUT2D eigenvalue weighted by Crippen LogP contribution is -2.10. The van der Waals surface area contributed by atoms with Crippen LogP contribution in [0.2, 0.25) is 0 Å². The SMILES string of the molecule is Cc1c(N)cccc1COc1ccc(C(C)(C)C)cc1. The van der Waals surface area contributed by atoms with Gasteiger partial charge in [-0.05, 0) is 47.2 Å². The number of nitrogen functional groups attached to an aromatic ring is 1. The fourth-order valence-corrected chi connectivity index (χ4v) is 2.07. The van der Waals surface area contributed by atoms with Gasteiger partial charge in [0.25, 0.3) is 0 Å². The zero-order valence-corrected chi connectivity index (χ0v) is 12.7. The molecule has 0 spiro atoms. The Bertz CT molecular complexity index is 579.